The maximum atomic E-state index is 12.1. The van der Waals surface area contributed by atoms with Crippen molar-refractivity contribution in [2.24, 2.45) is 0 Å². The fourth-order valence-corrected chi connectivity index (χ4v) is 2.80. The van der Waals surface area contributed by atoms with Crippen LogP contribution in [-0.4, -0.2) is 61.9 Å². The monoisotopic (exact) mass is 284 g/mol. The fourth-order valence-electron chi connectivity index (χ4n) is 2.80. The molecule has 0 bridgehead atoms. The maximum absolute atomic E-state index is 12.1. The molecule has 1 heterocycles. The van der Waals surface area contributed by atoms with E-state index in [0.29, 0.717) is 6.04 Å². The van der Waals surface area contributed by atoms with Gasteiger partial charge in [0, 0.05) is 32.3 Å². The molecule has 2 fully saturated rings. The van der Waals surface area contributed by atoms with Crippen LogP contribution in [0.4, 0.5) is 0 Å². The van der Waals surface area contributed by atoms with Crippen molar-refractivity contribution in [2.75, 3.05) is 33.4 Å². The van der Waals surface area contributed by atoms with Gasteiger partial charge in [-0.05, 0) is 39.5 Å². The van der Waals surface area contributed by atoms with Crippen LogP contribution < -0.4 is 5.32 Å². The third kappa shape index (κ3) is 4.43. The summed E-state index contributed by atoms with van der Waals surface area (Å²) in [6.07, 6.45) is 4.46. The van der Waals surface area contributed by atoms with E-state index < -0.39 is 5.54 Å². The normalized spacial score (nSPS) is 27.6. The van der Waals surface area contributed by atoms with E-state index in [4.69, 9.17) is 9.47 Å². The quantitative estimate of drug-likeness (QED) is 0.742. The summed E-state index contributed by atoms with van der Waals surface area (Å²) in [6.45, 7) is 7.81. The van der Waals surface area contributed by atoms with Gasteiger partial charge in [-0.1, -0.05) is 0 Å². The molecule has 0 aromatic carbocycles. The Labute approximate surface area is 122 Å². The van der Waals surface area contributed by atoms with Gasteiger partial charge in [0.05, 0.1) is 13.2 Å². The van der Waals surface area contributed by atoms with Crippen LogP contribution in [0, 0.1) is 0 Å². The summed E-state index contributed by atoms with van der Waals surface area (Å²) >= 11 is 0. The van der Waals surface area contributed by atoms with E-state index in [9.17, 15) is 4.79 Å². The van der Waals surface area contributed by atoms with Crippen LogP contribution in [0.25, 0.3) is 0 Å². The largest absolute Gasteiger partial charge is 0.468 e. The van der Waals surface area contributed by atoms with Gasteiger partial charge in [0.2, 0.25) is 0 Å². The van der Waals surface area contributed by atoms with Gasteiger partial charge < -0.3 is 14.4 Å². The first-order valence-electron chi connectivity index (χ1n) is 7.73. The Morgan fingerprint density at radius 3 is 2.90 bits per heavy atom. The summed E-state index contributed by atoms with van der Waals surface area (Å²) in [7, 11) is 1.47. The zero-order chi connectivity index (χ0) is 14.6. The van der Waals surface area contributed by atoms with Crippen molar-refractivity contribution < 1.29 is 14.3 Å². The second-order valence-corrected chi connectivity index (χ2v) is 6.33. The van der Waals surface area contributed by atoms with E-state index in [0.717, 1.165) is 39.1 Å². The van der Waals surface area contributed by atoms with E-state index in [1.807, 2.05) is 6.92 Å². The third-order valence-electron chi connectivity index (χ3n) is 4.20. The number of hydrogen-bond acceptors (Lipinski definition) is 5. The Bertz CT molecular complexity index is 333. The van der Waals surface area contributed by atoms with Crippen LogP contribution in [-0.2, 0) is 14.3 Å². The molecule has 5 heteroatoms. The summed E-state index contributed by atoms with van der Waals surface area (Å²) in [4.78, 5) is 14.5. The molecule has 1 N–H and O–H groups in total. The number of esters is 1. The number of hydrogen-bond donors (Lipinski definition) is 1. The lowest BCUT2D eigenvalue weighted by molar-refractivity contribution is -0.148. The average Bonchev–Trinajstić information content (AvgIpc) is 3.24. The summed E-state index contributed by atoms with van der Waals surface area (Å²) in [6, 6.07) is 0.491. The van der Waals surface area contributed by atoms with Crippen LogP contribution >= 0.6 is 0 Å². The maximum Gasteiger partial charge on any atom is 0.325 e. The lowest BCUT2D eigenvalue weighted by atomic mass is 9.97. The van der Waals surface area contributed by atoms with Crippen molar-refractivity contribution in [2.45, 2.75) is 57.2 Å². The molecule has 2 unspecified atom stereocenters. The van der Waals surface area contributed by atoms with Gasteiger partial charge in [-0.2, -0.15) is 0 Å². The van der Waals surface area contributed by atoms with E-state index in [-0.39, 0.29) is 12.1 Å². The molecular formula is C15H28N2O3. The van der Waals surface area contributed by atoms with Crippen molar-refractivity contribution in [3.63, 3.8) is 0 Å². The second kappa shape index (κ2) is 6.87. The number of carbonyl (C=O) groups is 1. The highest BCUT2D eigenvalue weighted by molar-refractivity contribution is 5.80. The minimum Gasteiger partial charge on any atom is -0.468 e. The van der Waals surface area contributed by atoms with Crippen LogP contribution in [0.3, 0.4) is 0 Å². The highest BCUT2D eigenvalue weighted by Crippen LogP contribution is 2.25. The fraction of sp³-hybridized carbons (Fsp3) is 0.933. The third-order valence-corrected chi connectivity index (χ3v) is 4.20. The summed E-state index contributed by atoms with van der Waals surface area (Å²) < 4.78 is 10.6. The second-order valence-electron chi connectivity index (χ2n) is 6.33. The number of carbonyl (C=O) groups excluding carboxylic acids is 1. The van der Waals surface area contributed by atoms with Gasteiger partial charge >= 0.3 is 5.97 Å². The zero-order valence-electron chi connectivity index (χ0n) is 13.0. The smallest absolute Gasteiger partial charge is 0.325 e. The zero-order valence-corrected chi connectivity index (χ0v) is 13.0. The molecule has 0 aromatic heterocycles. The molecule has 0 spiro atoms. The van der Waals surface area contributed by atoms with Gasteiger partial charge in [0.25, 0.3) is 0 Å². The number of nitrogens with one attached hydrogen (secondary N) is 1. The predicted octanol–water partition coefficient (Wildman–Crippen LogP) is 1.17. The van der Waals surface area contributed by atoms with Gasteiger partial charge in [0.15, 0.2) is 0 Å². The minimum atomic E-state index is -0.563. The summed E-state index contributed by atoms with van der Waals surface area (Å²) in [5, 5.41) is 3.45. The highest BCUT2D eigenvalue weighted by Gasteiger charge is 2.39. The van der Waals surface area contributed by atoms with Gasteiger partial charge in [0.1, 0.15) is 5.54 Å². The molecular weight excluding hydrogens is 256 g/mol. The first-order valence-corrected chi connectivity index (χ1v) is 7.73. The Morgan fingerprint density at radius 2 is 2.25 bits per heavy atom. The topological polar surface area (TPSA) is 50.8 Å². The molecule has 1 aliphatic carbocycles. The molecule has 0 radical (unpaired) electrons. The first-order chi connectivity index (χ1) is 9.53. The number of methoxy groups -OCH3 is 1. The molecule has 116 valence electrons. The van der Waals surface area contributed by atoms with Gasteiger partial charge in [-0.15, -0.1) is 0 Å². The Kier molecular flexibility index (Phi) is 5.41. The molecule has 2 atom stereocenters. The Balaban J connectivity index is 1.88. The molecule has 5 nitrogen and oxygen atoms in total. The molecule has 2 aliphatic rings. The highest BCUT2D eigenvalue weighted by atomic mass is 16.5. The molecule has 0 amide bonds. The summed E-state index contributed by atoms with van der Waals surface area (Å²) in [5.41, 5.74) is -0.563. The van der Waals surface area contributed by atoms with Crippen LogP contribution in [0.15, 0.2) is 0 Å². The van der Waals surface area contributed by atoms with E-state index in [1.54, 1.807) is 0 Å². The molecule has 0 aromatic rings. The number of rotatable bonds is 6. The molecule has 1 saturated carbocycles. The summed E-state index contributed by atoms with van der Waals surface area (Å²) in [5.74, 6) is -0.150. The van der Waals surface area contributed by atoms with Crippen molar-refractivity contribution in [1.82, 2.24) is 10.2 Å². The van der Waals surface area contributed by atoms with Crippen LogP contribution in [0.1, 0.15) is 39.5 Å². The van der Waals surface area contributed by atoms with E-state index in [1.165, 1.54) is 20.0 Å². The average molecular weight is 284 g/mol. The minimum absolute atomic E-state index is 0.150. The van der Waals surface area contributed by atoms with Crippen molar-refractivity contribution in [1.29, 1.82) is 0 Å². The van der Waals surface area contributed by atoms with E-state index >= 15 is 0 Å². The Hall–Kier alpha value is -0.650. The predicted molar refractivity (Wildman–Crippen MR) is 77.7 cm³/mol. The first kappa shape index (κ1) is 15.7. The molecule has 1 aliphatic heterocycles. The van der Waals surface area contributed by atoms with Gasteiger partial charge in [-0.3, -0.25) is 10.1 Å². The van der Waals surface area contributed by atoms with Crippen LogP contribution in [0.5, 0.6) is 0 Å². The van der Waals surface area contributed by atoms with Crippen molar-refractivity contribution in [3.05, 3.63) is 0 Å². The molecule has 1 saturated heterocycles. The van der Waals surface area contributed by atoms with Crippen molar-refractivity contribution >= 4 is 5.97 Å². The van der Waals surface area contributed by atoms with E-state index in [2.05, 4.69) is 17.1 Å². The SMILES string of the molecule is COC(=O)C(C)(CCN1CCCOC(C)C1)NC1CC1. The number of nitrogens with zero attached hydrogens (tertiary/aromatic N) is 1. The standard InChI is InChI=1S/C15H28N2O3/c1-12-11-17(8-4-10-20-12)9-7-15(2,14(18)19-3)16-13-5-6-13/h12-13,16H,4-11H2,1-3H3. The lowest BCUT2D eigenvalue weighted by Gasteiger charge is -2.31. The van der Waals surface area contributed by atoms with Crippen molar-refractivity contribution in [3.8, 4) is 0 Å². The Morgan fingerprint density at radius 1 is 1.50 bits per heavy atom. The molecule has 20 heavy (non-hydrogen) atoms. The number of ether oxygens (including phenoxy) is 2. The van der Waals surface area contributed by atoms with Gasteiger partial charge in [-0.25, -0.2) is 0 Å². The van der Waals surface area contributed by atoms with Crippen LogP contribution in [0.2, 0.25) is 0 Å². The molecule has 2 rings (SSSR count). The lowest BCUT2D eigenvalue weighted by Crippen LogP contribution is -2.53.